The Morgan fingerprint density at radius 1 is 1.23 bits per heavy atom. The molecule has 1 saturated heterocycles. The Morgan fingerprint density at radius 2 is 2.04 bits per heavy atom. The molecule has 2 aromatic heterocycles. The average molecular weight is 350 g/mol. The number of rotatable bonds is 4. The maximum Gasteiger partial charge on any atom is 0.255 e. The van der Waals surface area contributed by atoms with Gasteiger partial charge in [0.05, 0.1) is 5.56 Å². The van der Waals surface area contributed by atoms with Gasteiger partial charge in [-0.05, 0) is 44.2 Å². The molecule has 0 bridgehead atoms. The molecule has 1 amide bonds. The number of benzene rings is 1. The first-order chi connectivity index (χ1) is 12.7. The molecule has 1 fully saturated rings. The van der Waals surface area contributed by atoms with Gasteiger partial charge in [0.25, 0.3) is 5.91 Å². The van der Waals surface area contributed by atoms with Gasteiger partial charge in [0.1, 0.15) is 5.69 Å². The maximum absolute atomic E-state index is 12.5. The van der Waals surface area contributed by atoms with Gasteiger partial charge in [-0.15, -0.1) is 0 Å². The predicted octanol–water partition coefficient (Wildman–Crippen LogP) is 2.96. The van der Waals surface area contributed by atoms with E-state index < -0.39 is 0 Å². The van der Waals surface area contributed by atoms with Gasteiger partial charge in [-0.25, -0.2) is 0 Å². The molecule has 6 nitrogen and oxygen atoms in total. The quantitative estimate of drug-likeness (QED) is 0.724. The summed E-state index contributed by atoms with van der Waals surface area (Å²) in [6.07, 6.45) is 5.23. The number of piperidine rings is 1. The zero-order chi connectivity index (χ0) is 17.9. The highest BCUT2D eigenvalue weighted by molar-refractivity contribution is 5.93. The van der Waals surface area contributed by atoms with Gasteiger partial charge in [0.2, 0.25) is 0 Å². The summed E-state index contributed by atoms with van der Waals surface area (Å²) < 4.78 is 5.40. The van der Waals surface area contributed by atoms with Crippen molar-refractivity contribution in [3.8, 4) is 0 Å². The lowest BCUT2D eigenvalue weighted by molar-refractivity contribution is 0.0637. The number of aromatic nitrogens is 2. The van der Waals surface area contributed by atoms with Crippen LogP contribution in [-0.4, -0.2) is 52.0 Å². The minimum absolute atomic E-state index is 0.0710. The van der Waals surface area contributed by atoms with Crippen LogP contribution in [0.4, 0.5) is 0 Å². The molecule has 26 heavy (non-hydrogen) atoms. The number of likely N-dealkylation sites (tertiary alicyclic amines) is 1. The van der Waals surface area contributed by atoms with E-state index >= 15 is 0 Å². The van der Waals surface area contributed by atoms with Gasteiger partial charge in [-0.3, -0.25) is 14.7 Å². The maximum atomic E-state index is 12.5. The topological polar surface area (TPSA) is 62.5 Å². The molecule has 1 aliphatic rings. The lowest BCUT2D eigenvalue weighted by atomic mass is 10.0. The average Bonchev–Trinajstić information content (AvgIpc) is 3.11. The van der Waals surface area contributed by atoms with Crippen molar-refractivity contribution in [2.75, 3.05) is 20.1 Å². The highest BCUT2D eigenvalue weighted by atomic mass is 16.5. The van der Waals surface area contributed by atoms with Crippen molar-refractivity contribution in [2.24, 2.45) is 0 Å². The summed E-state index contributed by atoms with van der Waals surface area (Å²) in [4.78, 5) is 20.8. The van der Waals surface area contributed by atoms with Crippen molar-refractivity contribution in [2.45, 2.75) is 25.4 Å². The summed E-state index contributed by atoms with van der Waals surface area (Å²) in [5.41, 5.74) is 2.46. The van der Waals surface area contributed by atoms with Crippen LogP contribution >= 0.6 is 0 Å². The first-order valence-corrected chi connectivity index (χ1v) is 8.95. The SMILES string of the molecule is CN(Cc1noc2ccccc12)C1CCN(C(=O)c2cccnc2)CC1. The molecule has 1 aromatic carbocycles. The first kappa shape index (κ1) is 16.7. The number of fused-ring (bicyclic) bond motifs is 1. The molecule has 0 radical (unpaired) electrons. The fourth-order valence-corrected chi connectivity index (χ4v) is 3.60. The van der Waals surface area contributed by atoms with E-state index in [0.717, 1.165) is 49.1 Å². The lowest BCUT2D eigenvalue weighted by Crippen LogP contribution is -2.45. The van der Waals surface area contributed by atoms with Crippen molar-refractivity contribution >= 4 is 16.9 Å². The van der Waals surface area contributed by atoms with Gasteiger partial charge in [-0.1, -0.05) is 17.3 Å². The molecule has 1 aliphatic heterocycles. The van der Waals surface area contributed by atoms with Crippen molar-refractivity contribution in [3.05, 3.63) is 60.0 Å². The largest absolute Gasteiger partial charge is 0.356 e. The van der Waals surface area contributed by atoms with Crippen LogP contribution in [0.2, 0.25) is 0 Å². The van der Waals surface area contributed by atoms with E-state index in [1.807, 2.05) is 35.2 Å². The Morgan fingerprint density at radius 3 is 2.81 bits per heavy atom. The van der Waals surface area contributed by atoms with Crippen molar-refractivity contribution in [3.63, 3.8) is 0 Å². The van der Waals surface area contributed by atoms with Crippen LogP contribution in [0, 0.1) is 0 Å². The third kappa shape index (κ3) is 3.32. The monoisotopic (exact) mass is 350 g/mol. The van der Waals surface area contributed by atoms with Crippen molar-refractivity contribution in [1.29, 1.82) is 0 Å². The molecule has 0 aliphatic carbocycles. The summed E-state index contributed by atoms with van der Waals surface area (Å²) in [6.45, 7) is 2.28. The van der Waals surface area contributed by atoms with Crippen molar-refractivity contribution < 1.29 is 9.32 Å². The second kappa shape index (κ2) is 7.25. The number of hydrogen-bond acceptors (Lipinski definition) is 5. The number of hydrogen-bond donors (Lipinski definition) is 0. The molecular formula is C20H22N4O2. The summed E-state index contributed by atoms with van der Waals surface area (Å²) in [5.74, 6) is 0.0710. The highest BCUT2D eigenvalue weighted by Crippen LogP contribution is 2.22. The molecule has 0 saturated carbocycles. The summed E-state index contributed by atoms with van der Waals surface area (Å²) in [5, 5.41) is 5.30. The molecule has 0 N–H and O–H groups in total. The summed E-state index contributed by atoms with van der Waals surface area (Å²) in [6, 6.07) is 12.0. The Labute approximate surface area is 152 Å². The molecule has 0 atom stereocenters. The summed E-state index contributed by atoms with van der Waals surface area (Å²) >= 11 is 0. The molecule has 134 valence electrons. The highest BCUT2D eigenvalue weighted by Gasteiger charge is 2.26. The Bertz CT molecular complexity index is 885. The van der Waals surface area contributed by atoms with E-state index in [1.165, 1.54) is 0 Å². The minimum Gasteiger partial charge on any atom is -0.356 e. The third-order valence-corrected chi connectivity index (χ3v) is 5.13. The fraction of sp³-hybridized carbons (Fsp3) is 0.350. The first-order valence-electron chi connectivity index (χ1n) is 8.95. The second-order valence-electron chi connectivity index (χ2n) is 6.81. The lowest BCUT2D eigenvalue weighted by Gasteiger charge is -2.36. The van der Waals surface area contributed by atoms with Crippen LogP contribution in [0.1, 0.15) is 28.9 Å². The molecule has 3 aromatic rings. The molecule has 6 heteroatoms. The van der Waals surface area contributed by atoms with Gasteiger partial charge in [0, 0.05) is 43.5 Å². The third-order valence-electron chi connectivity index (χ3n) is 5.13. The minimum atomic E-state index is 0.0710. The molecule has 4 rings (SSSR count). The van der Waals surface area contributed by atoms with E-state index in [2.05, 4.69) is 22.1 Å². The van der Waals surface area contributed by atoms with Crippen LogP contribution in [0.3, 0.4) is 0 Å². The Hall–Kier alpha value is -2.73. The number of para-hydroxylation sites is 1. The molecular weight excluding hydrogens is 328 g/mol. The zero-order valence-electron chi connectivity index (χ0n) is 14.8. The normalized spacial score (nSPS) is 15.7. The molecule has 0 unspecified atom stereocenters. The number of carbonyl (C=O) groups excluding carboxylic acids is 1. The Balaban J connectivity index is 1.36. The summed E-state index contributed by atoms with van der Waals surface area (Å²) in [7, 11) is 2.12. The van der Waals surface area contributed by atoms with E-state index in [9.17, 15) is 4.79 Å². The second-order valence-corrected chi connectivity index (χ2v) is 6.81. The van der Waals surface area contributed by atoms with Crippen molar-refractivity contribution in [1.82, 2.24) is 19.9 Å². The zero-order valence-corrected chi connectivity index (χ0v) is 14.8. The van der Waals surface area contributed by atoms with Crippen LogP contribution in [0.5, 0.6) is 0 Å². The van der Waals surface area contributed by atoms with Crippen LogP contribution in [0.25, 0.3) is 11.0 Å². The van der Waals surface area contributed by atoms with Gasteiger partial charge in [0.15, 0.2) is 5.58 Å². The van der Waals surface area contributed by atoms with E-state index in [4.69, 9.17) is 4.52 Å². The van der Waals surface area contributed by atoms with Gasteiger partial charge < -0.3 is 9.42 Å². The molecule has 0 spiro atoms. The number of nitrogens with zero attached hydrogens (tertiary/aromatic N) is 4. The fourth-order valence-electron chi connectivity index (χ4n) is 3.60. The van der Waals surface area contributed by atoms with E-state index in [1.54, 1.807) is 18.5 Å². The standard InChI is InChI=1S/C20H22N4O2/c1-23(14-18-17-6-2-3-7-19(17)26-22-18)16-8-11-24(12-9-16)20(25)15-5-4-10-21-13-15/h2-7,10,13,16H,8-9,11-12,14H2,1H3. The molecule has 3 heterocycles. The predicted molar refractivity (Wildman–Crippen MR) is 98.6 cm³/mol. The number of amides is 1. The van der Waals surface area contributed by atoms with Crippen LogP contribution < -0.4 is 0 Å². The van der Waals surface area contributed by atoms with E-state index in [0.29, 0.717) is 11.6 Å². The van der Waals surface area contributed by atoms with Gasteiger partial charge in [-0.2, -0.15) is 0 Å². The van der Waals surface area contributed by atoms with E-state index in [-0.39, 0.29) is 5.91 Å². The number of pyridine rings is 1. The van der Waals surface area contributed by atoms with Gasteiger partial charge >= 0.3 is 0 Å². The van der Waals surface area contributed by atoms with Crippen LogP contribution in [0.15, 0.2) is 53.3 Å². The smallest absolute Gasteiger partial charge is 0.255 e. The Kier molecular flexibility index (Phi) is 4.67. The van der Waals surface area contributed by atoms with Crippen LogP contribution in [-0.2, 0) is 6.54 Å². The number of carbonyl (C=O) groups is 1.